The summed E-state index contributed by atoms with van der Waals surface area (Å²) in [5.41, 5.74) is 3.08. The molecule has 0 unspecified atom stereocenters. The highest BCUT2D eigenvalue weighted by molar-refractivity contribution is 7.99. The number of pyridine rings is 1. The lowest BCUT2D eigenvalue weighted by Gasteiger charge is -2.18. The molecule has 7 nitrogen and oxygen atoms in total. The molecule has 0 aliphatic carbocycles. The van der Waals surface area contributed by atoms with Crippen LogP contribution in [0.1, 0.15) is 11.1 Å². The van der Waals surface area contributed by atoms with Gasteiger partial charge in [0.05, 0.1) is 5.75 Å². The molecular formula is C18H20N6OS. The van der Waals surface area contributed by atoms with Gasteiger partial charge in [0.25, 0.3) is 0 Å². The first-order chi connectivity index (χ1) is 12.6. The van der Waals surface area contributed by atoms with Gasteiger partial charge < -0.3 is 10.7 Å². The van der Waals surface area contributed by atoms with Crippen LogP contribution in [0.4, 0.5) is 0 Å². The molecule has 0 fully saturated rings. The zero-order valence-electron chi connectivity index (χ0n) is 14.7. The fourth-order valence-corrected chi connectivity index (χ4v) is 3.23. The number of rotatable bonds is 6. The molecule has 0 saturated heterocycles. The van der Waals surface area contributed by atoms with Crippen molar-refractivity contribution in [1.82, 2.24) is 24.8 Å². The van der Waals surface area contributed by atoms with Crippen molar-refractivity contribution in [1.29, 1.82) is 0 Å². The number of aryl methyl sites for hydroxylation is 1. The standard InChI is InChI=1S/C18H20N6OS/c1-13-6-3-4-7-15(13)11-23(2)16(25)12-26-18-22-21-17(24(18)19)14-8-5-9-20-10-14/h3-10H,11-12,19H2,1-2H3. The number of nitrogens with two attached hydrogens (primary N) is 1. The van der Waals surface area contributed by atoms with Crippen LogP contribution in [0.15, 0.2) is 53.9 Å². The number of hydrogen-bond donors (Lipinski definition) is 1. The van der Waals surface area contributed by atoms with Crippen LogP contribution in [-0.2, 0) is 11.3 Å². The summed E-state index contributed by atoms with van der Waals surface area (Å²) in [6.45, 7) is 2.61. The second kappa shape index (κ2) is 8.01. The van der Waals surface area contributed by atoms with Gasteiger partial charge in [-0.2, -0.15) is 0 Å². The lowest BCUT2D eigenvalue weighted by molar-refractivity contribution is -0.127. The summed E-state index contributed by atoms with van der Waals surface area (Å²) >= 11 is 1.27. The summed E-state index contributed by atoms with van der Waals surface area (Å²) in [6, 6.07) is 11.7. The Hall–Kier alpha value is -2.87. The molecule has 3 aromatic rings. The van der Waals surface area contributed by atoms with E-state index in [1.165, 1.54) is 22.0 Å². The van der Waals surface area contributed by atoms with Crippen molar-refractivity contribution >= 4 is 17.7 Å². The number of hydrogen-bond acceptors (Lipinski definition) is 6. The minimum absolute atomic E-state index is 0.00387. The second-order valence-corrected chi connectivity index (χ2v) is 6.83. The van der Waals surface area contributed by atoms with Crippen LogP contribution in [0.25, 0.3) is 11.4 Å². The Morgan fingerprint density at radius 1 is 1.23 bits per heavy atom. The van der Waals surface area contributed by atoms with Crippen LogP contribution in [-0.4, -0.2) is 43.5 Å². The molecule has 0 atom stereocenters. The second-order valence-electron chi connectivity index (χ2n) is 5.88. The summed E-state index contributed by atoms with van der Waals surface area (Å²) in [7, 11) is 1.80. The summed E-state index contributed by atoms with van der Waals surface area (Å²) in [5, 5.41) is 8.65. The van der Waals surface area contributed by atoms with Crippen LogP contribution < -0.4 is 5.84 Å². The molecule has 0 aliphatic rings. The van der Waals surface area contributed by atoms with E-state index in [1.54, 1.807) is 30.4 Å². The first-order valence-electron chi connectivity index (χ1n) is 8.08. The fourth-order valence-electron chi connectivity index (χ4n) is 2.44. The molecule has 0 aliphatic heterocycles. The Morgan fingerprint density at radius 2 is 2.04 bits per heavy atom. The van der Waals surface area contributed by atoms with Gasteiger partial charge in [-0.3, -0.25) is 9.78 Å². The van der Waals surface area contributed by atoms with Gasteiger partial charge in [-0.1, -0.05) is 36.0 Å². The molecule has 1 aromatic carbocycles. The molecule has 134 valence electrons. The smallest absolute Gasteiger partial charge is 0.233 e. The Bertz CT molecular complexity index is 896. The van der Waals surface area contributed by atoms with Crippen molar-refractivity contribution in [3.05, 3.63) is 59.9 Å². The summed E-state index contributed by atoms with van der Waals surface area (Å²) in [4.78, 5) is 18.2. The number of nitrogen functional groups attached to an aromatic ring is 1. The molecule has 0 radical (unpaired) electrons. The number of benzene rings is 1. The molecule has 3 rings (SSSR count). The maximum atomic E-state index is 12.4. The average molecular weight is 368 g/mol. The number of aromatic nitrogens is 4. The van der Waals surface area contributed by atoms with Crippen molar-refractivity contribution in [3.8, 4) is 11.4 Å². The quantitative estimate of drug-likeness (QED) is 0.529. The first kappa shape index (κ1) is 17.9. The van der Waals surface area contributed by atoms with Crippen LogP contribution >= 0.6 is 11.8 Å². The van der Waals surface area contributed by atoms with E-state index in [1.807, 2.05) is 37.3 Å². The molecule has 0 saturated carbocycles. The highest BCUT2D eigenvalue weighted by Gasteiger charge is 2.16. The maximum absolute atomic E-state index is 12.4. The van der Waals surface area contributed by atoms with E-state index < -0.39 is 0 Å². The van der Waals surface area contributed by atoms with E-state index in [9.17, 15) is 4.79 Å². The number of thioether (sulfide) groups is 1. The van der Waals surface area contributed by atoms with E-state index in [-0.39, 0.29) is 11.7 Å². The predicted octanol–water partition coefficient (Wildman–Crippen LogP) is 2.11. The summed E-state index contributed by atoms with van der Waals surface area (Å²) in [5.74, 6) is 6.82. The maximum Gasteiger partial charge on any atom is 0.233 e. The molecule has 8 heteroatoms. The molecule has 0 bridgehead atoms. The summed E-state index contributed by atoms with van der Waals surface area (Å²) in [6.07, 6.45) is 3.35. The molecular weight excluding hydrogens is 348 g/mol. The van der Waals surface area contributed by atoms with Crippen molar-refractivity contribution in [3.63, 3.8) is 0 Å². The topological polar surface area (TPSA) is 89.9 Å². The lowest BCUT2D eigenvalue weighted by Crippen LogP contribution is -2.28. The lowest BCUT2D eigenvalue weighted by atomic mass is 10.1. The Balaban J connectivity index is 1.61. The van der Waals surface area contributed by atoms with E-state index in [2.05, 4.69) is 15.2 Å². The van der Waals surface area contributed by atoms with Crippen LogP contribution in [0.3, 0.4) is 0 Å². The number of carbonyl (C=O) groups is 1. The predicted molar refractivity (Wildman–Crippen MR) is 102 cm³/mol. The normalized spacial score (nSPS) is 10.7. The molecule has 2 N–H and O–H groups in total. The van der Waals surface area contributed by atoms with E-state index in [4.69, 9.17) is 5.84 Å². The van der Waals surface area contributed by atoms with Gasteiger partial charge in [0, 0.05) is 31.5 Å². The first-order valence-corrected chi connectivity index (χ1v) is 9.07. The average Bonchev–Trinajstić information content (AvgIpc) is 3.03. The van der Waals surface area contributed by atoms with Crippen LogP contribution in [0, 0.1) is 6.92 Å². The third-order valence-electron chi connectivity index (χ3n) is 4.00. The zero-order chi connectivity index (χ0) is 18.5. The van der Waals surface area contributed by atoms with Gasteiger partial charge in [0.1, 0.15) is 0 Å². The third kappa shape index (κ3) is 4.02. The molecule has 0 spiro atoms. The van der Waals surface area contributed by atoms with Gasteiger partial charge in [0.15, 0.2) is 5.82 Å². The largest absolute Gasteiger partial charge is 0.341 e. The molecule has 2 aromatic heterocycles. The zero-order valence-corrected chi connectivity index (χ0v) is 15.5. The van der Waals surface area contributed by atoms with Crippen molar-refractivity contribution in [2.75, 3.05) is 18.6 Å². The SMILES string of the molecule is Cc1ccccc1CN(C)C(=O)CSc1nnc(-c2cccnc2)n1N. The van der Waals surface area contributed by atoms with Crippen molar-refractivity contribution in [2.24, 2.45) is 0 Å². The number of carbonyl (C=O) groups excluding carboxylic acids is 1. The molecule has 26 heavy (non-hydrogen) atoms. The van der Waals surface area contributed by atoms with Crippen molar-refractivity contribution in [2.45, 2.75) is 18.6 Å². The Morgan fingerprint density at radius 3 is 2.77 bits per heavy atom. The van der Waals surface area contributed by atoms with Crippen molar-refractivity contribution < 1.29 is 4.79 Å². The minimum atomic E-state index is 0.00387. The molecule has 1 amide bonds. The van der Waals surface area contributed by atoms with E-state index >= 15 is 0 Å². The monoisotopic (exact) mass is 368 g/mol. The number of nitrogens with zero attached hydrogens (tertiary/aromatic N) is 5. The Labute approximate surface area is 156 Å². The van der Waals surface area contributed by atoms with Gasteiger partial charge in [-0.15, -0.1) is 10.2 Å². The van der Waals surface area contributed by atoms with Crippen LogP contribution in [0.2, 0.25) is 0 Å². The van der Waals surface area contributed by atoms with Gasteiger partial charge in [0.2, 0.25) is 11.1 Å². The third-order valence-corrected chi connectivity index (χ3v) is 4.93. The van der Waals surface area contributed by atoms with E-state index in [0.717, 1.165) is 11.1 Å². The van der Waals surface area contributed by atoms with Gasteiger partial charge in [-0.25, -0.2) is 4.68 Å². The van der Waals surface area contributed by atoms with Gasteiger partial charge in [-0.05, 0) is 30.2 Å². The van der Waals surface area contributed by atoms with Gasteiger partial charge >= 0.3 is 0 Å². The van der Waals surface area contributed by atoms with E-state index in [0.29, 0.717) is 17.5 Å². The highest BCUT2D eigenvalue weighted by atomic mass is 32.2. The van der Waals surface area contributed by atoms with Crippen LogP contribution in [0.5, 0.6) is 0 Å². The minimum Gasteiger partial charge on any atom is -0.341 e. The fraction of sp³-hybridized carbons (Fsp3) is 0.222. The molecule has 2 heterocycles. The Kier molecular flexibility index (Phi) is 5.52. The summed E-state index contributed by atoms with van der Waals surface area (Å²) < 4.78 is 1.39. The highest BCUT2D eigenvalue weighted by Crippen LogP contribution is 2.21. The number of amides is 1.